The molecule has 0 fully saturated rings. The van der Waals surface area contributed by atoms with E-state index in [0.717, 1.165) is 0 Å². The number of para-hydroxylation sites is 1. The van der Waals surface area contributed by atoms with Gasteiger partial charge in [0.1, 0.15) is 5.75 Å². The van der Waals surface area contributed by atoms with Crippen LogP contribution in [-0.2, 0) is 4.79 Å². The fraction of sp³-hybridized carbons (Fsp3) is 0.0833. The highest BCUT2D eigenvalue weighted by molar-refractivity contribution is 6.32. The lowest BCUT2D eigenvalue weighted by Gasteiger charge is -2.19. The molecular formula is C12H10ClNO3. The first-order valence-corrected chi connectivity index (χ1v) is 5.33. The predicted molar refractivity (Wildman–Crippen MR) is 63.9 cm³/mol. The Morgan fingerprint density at radius 3 is 2.76 bits per heavy atom. The number of dihydropyridines is 1. The van der Waals surface area contributed by atoms with E-state index < -0.39 is 12.2 Å². The first kappa shape index (κ1) is 11.5. The number of ether oxygens (including phenoxy) is 1. The van der Waals surface area contributed by atoms with Gasteiger partial charge in [-0.2, -0.15) is 0 Å². The lowest BCUT2D eigenvalue weighted by atomic mass is 10.2. The third kappa shape index (κ3) is 2.79. The monoisotopic (exact) mass is 251 g/mol. The summed E-state index contributed by atoms with van der Waals surface area (Å²) in [6.45, 7) is 0. The minimum absolute atomic E-state index is 0.184. The molecule has 2 N–H and O–H groups in total. The van der Waals surface area contributed by atoms with Gasteiger partial charge in [0.05, 0.1) is 10.6 Å². The number of carboxylic acid groups (broad SMARTS) is 1. The largest absolute Gasteiger partial charge is 0.478 e. The van der Waals surface area contributed by atoms with Crippen LogP contribution < -0.4 is 10.1 Å². The first-order valence-electron chi connectivity index (χ1n) is 4.96. The van der Waals surface area contributed by atoms with E-state index in [1.165, 1.54) is 12.3 Å². The van der Waals surface area contributed by atoms with Crippen molar-refractivity contribution in [1.29, 1.82) is 0 Å². The molecule has 17 heavy (non-hydrogen) atoms. The zero-order valence-electron chi connectivity index (χ0n) is 8.76. The van der Waals surface area contributed by atoms with Crippen LogP contribution in [0.4, 0.5) is 0 Å². The number of carbonyl (C=O) groups is 1. The zero-order chi connectivity index (χ0) is 12.3. The predicted octanol–water partition coefficient (Wildman–Crippen LogP) is 2.17. The highest BCUT2D eigenvalue weighted by Gasteiger charge is 2.13. The van der Waals surface area contributed by atoms with Crippen molar-refractivity contribution in [2.75, 3.05) is 0 Å². The fourth-order valence-electron chi connectivity index (χ4n) is 1.35. The third-order valence-electron chi connectivity index (χ3n) is 2.19. The third-order valence-corrected chi connectivity index (χ3v) is 2.50. The Labute approximate surface area is 103 Å². The first-order chi connectivity index (χ1) is 8.16. The summed E-state index contributed by atoms with van der Waals surface area (Å²) >= 11 is 5.94. The number of hydrogen-bond donors (Lipinski definition) is 2. The Balaban J connectivity index is 2.03. The molecule has 1 unspecified atom stereocenters. The Kier molecular flexibility index (Phi) is 3.35. The maximum absolute atomic E-state index is 10.7. The molecule has 1 aromatic rings. The lowest BCUT2D eigenvalue weighted by Crippen LogP contribution is -2.31. The summed E-state index contributed by atoms with van der Waals surface area (Å²) in [6, 6.07) is 7.09. The van der Waals surface area contributed by atoms with Crippen LogP contribution in [0.2, 0.25) is 5.02 Å². The lowest BCUT2D eigenvalue weighted by molar-refractivity contribution is -0.132. The van der Waals surface area contributed by atoms with Gasteiger partial charge in [-0.05, 0) is 24.3 Å². The van der Waals surface area contributed by atoms with E-state index >= 15 is 0 Å². The molecule has 0 aromatic heterocycles. The van der Waals surface area contributed by atoms with Crippen molar-refractivity contribution in [2.24, 2.45) is 0 Å². The summed E-state index contributed by atoms with van der Waals surface area (Å²) < 4.78 is 5.55. The number of carboxylic acids is 1. The van der Waals surface area contributed by atoms with Gasteiger partial charge in [-0.3, -0.25) is 0 Å². The van der Waals surface area contributed by atoms with Crippen molar-refractivity contribution in [3.8, 4) is 5.75 Å². The van der Waals surface area contributed by atoms with Crippen molar-refractivity contribution >= 4 is 17.6 Å². The molecule has 1 atom stereocenters. The van der Waals surface area contributed by atoms with Crippen molar-refractivity contribution in [3.63, 3.8) is 0 Å². The minimum Gasteiger partial charge on any atom is -0.478 e. The van der Waals surface area contributed by atoms with Gasteiger partial charge < -0.3 is 15.2 Å². The second-order valence-electron chi connectivity index (χ2n) is 3.40. The van der Waals surface area contributed by atoms with Gasteiger partial charge in [-0.25, -0.2) is 4.79 Å². The topological polar surface area (TPSA) is 58.6 Å². The zero-order valence-corrected chi connectivity index (χ0v) is 9.52. The summed E-state index contributed by atoms with van der Waals surface area (Å²) in [5.74, 6) is -0.437. The van der Waals surface area contributed by atoms with Crippen LogP contribution in [0.25, 0.3) is 0 Å². The Hall–Kier alpha value is -1.94. The molecule has 1 aliphatic rings. The van der Waals surface area contributed by atoms with E-state index in [1.54, 1.807) is 18.2 Å². The number of benzene rings is 1. The molecule has 88 valence electrons. The van der Waals surface area contributed by atoms with Crippen LogP contribution in [0.5, 0.6) is 5.75 Å². The summed E-state index contributed by atoms with van der Waals surface area (Å²) in [6.07, 6.45) is 4.08. The second-order valence-corrected chi connectivity index (χ2v) is 3.81. The van der Waals surface area contributed by atoms with Crippen LogP contribution in [0.15, 0.2) is 48.2 Å². The van der Waals surface area contributed by atoms with Gasteiger partial charge in [0.2, 0.25) is 0 Å². The highest BCUT2D eigenvalue weighted by Crippen LogP contribution is 2.24. The summed E-state index contributed by atoms with van der Waals surface area (Å²) in [7, 11) is 0. The standard InChI is InChI=1S/C12H10ClNO3/c13-9-3-1-2-4-10(9)17-11-6-5-8(7-14-11)12(15)16/h1-7,11,14H,(H,15,16). The van der Waals surface area contributed by atoms with Crippen molar-refractivity contribution in [3.05, 3.63) is 53.2 Å². The highest BCUT2D eigenvalue weighted by atomic mass is 35.5. The quantitative estimate of drug-likeness (QED) is 0.865. The van der Waals surface area contributed by atoms with Crippen LogP contribution >= 0.6 is 11.6 Å². The Morgan fingerprint density at radius 1 is 1.41 bits per heavy atom. The van der Waals surface area contributed by atoms with Crippen molar-refractivity contribution in [2.45, 2.75) is 6.23 Å². The minimum atomic E-state index is -0.982. The van der Waals surface area contributed by atoms with Crippen LogP contribution in [-0.4, -0.2) is 17.3 Å². The molecule has 2 rings (SSSR count). The summed E-state index contributed by atoms with van der Waals surface area (Å²) in [5.41, 5.74) is 0.184. The molecule has 1 aromatic carbocycles. The Morgan fingerprint density at radius 2 is 2.18 bits per heavy atom. The molecule has 1 aliphatic heterocycles. The van der Waals surface area contributed by atoms with Gasteiger partial charge in [0.15, 0.2) is 6.23 Å². The molecule has 0 bridgehead atoms. The van der Waals surface area contributed by atoms with Gasteiger partial charge in [-0.15, -0.1) is 0 Å². The number of halogens is 1. The fourth-order valence-corrected chi connectivity index (χ4v) is 1.53. The molecular weight excluding hydrogens is 242 g/mol. The second kappa shape index (κ2) is 4.93. The van der Waals surface area contributed by atoms with Crippen LogP contribution in [0.3, 0.4) is 0 Å². The molecule has 5 heteroatoms. The molecule has 0 amide bonds. The summed E-state index contributed by atoms with van der Waals surface area (Å²) in [4.78, 5) is 10.7. The SMILES string of the molecule is O=C(O)C1=CNC(Oc2ccccc2Cl)C=C1. The number of nitrogens with one attached hydrogen (secondary N) is 1. The molecule has 0 saturated heterocycles. The maximum Gasteiger partial charge on any atom is 0.337 e. The molecule has 0 saturated carbocycles. The van der Waals surface area contributed by atoms with Gasteiger partial charge in [0.25, 0.3) is 0 Å². The van der Waals surface area contributed by atoms with E-state index in [4.69, 9.17) is 21.4 Å². The van der Waals surface area contributed by atoms with Crippen molar-refractivity contribution < 1.29 is 14.6 Å². The van der Waals surface area contributed by atoms with Crippen LogP contribution in [0.1, 0.15) is 0 Å². The molecule has 4 nitrogen and oxygen atoms in total. The average molecular weight is 252 g/mol. The van der Waals surface area contributed by atoms with Crippen LogP contribution in [0, 0.1) is 0 Å². The van der Waals surface area contributed by atoms with E-state index in [-0.39, 0.29) is 5.57 Å². The molecule has 0 aliphatic carbocycles. The normalized spacial score (nSPS) is 18.2. The number of aliphatic carboxylic acids is 1. The average Bonchev–Trinajstić information content (AvgIpc) is 2.33. The van der Waals surface area contributed by atoms with Gasteiger partial charge in [-0.1, -0.05) is 23.7 Å². The van der Waals surface area contributed by atoms with E-state index in [2.05, 4.69) is 5.32 Å². The maximum atomic E-state index is 10.7. The van der Waals surface area contributed by atoms with Gasteiger partial charge in [0, 0.05) is 6.20 Å². The van der Waals surface area contributed by atoms with E-state index in [1.807, 2.05) is 12.1 Å². The number of rotatable bonds is 3. The van der Waals surface area contributed by atoms with Crippen molar-refractivity contribution in [1.82, 2.24) is 5.32 Å². The smallest absolute Gasteiger partial charge is 0.337 e. The number of hydrogen-bond acceptors (Lipinski definition) is 3. The van der Waals surface area contributed by atoms with E-state index in [9.17, 15) is 4.79 Å². The molecule has 0 spiro atoms. The molecule has 0 radical (unpaired) electrons. The summed E-state index contributed by atoms with van der Waals surface area (Å²) in [5, 5.41) is 12.1. The Bertz CT molecular complexity index is 496. The van der Waals surface area contributed by atoms with E-state index in [0.29, 0.717) is 10.8 Å². The van der Waals surface area contributed by atoms with Gasteiger partial charge >= 0.3 is 5.97 Å². The molecule has 1 heterocycles.